The molecule has 1 amide bonds. The summed E-state index contributed by atoms with van der Waals surface area (Å²) in [6, 6.07) is 9.69. The van der Waals surface area contributed by atoms with Crippen molar-refractivity contribution in [3.05, 3.63) is 65.2 Å². The fourth-order valence-corrected chi connectivity index (χ4v) is 3.03. The smallest absolute Gasteiger partial charge is 0.253 e. The number of halogens is 2. The van der Waals surface area contributed by atoms with Crippen molar-refractivity contribution in [2.45, 2.75) is 12.8 Å². The topological polar surface area (TPSA) is 40.5 Å². The molecule has 0 spiro atoms. The second-order valence-electron chi connectivity index (χ2n) is 5.93. The van der Waals surface area contributed by atoms with Crippen molar-refractivity contribution in [1.82, 2.24) is 4.90 Å². The first-order valence-electron chi connectivity index (χ1n) is 7.54. The predicted octanol–water partition coefficient (Wildman–Crippen LogP) is 3.38. The summed E-state index contributed by atoms with van der Waals surface area (Å²) in [5, 5.41) is 9.27. The number of likely N-dealkylation sites (tertiary alicyclic amines) is 1. The Morgan fingerprint density at radius 1 is 1.13 bits per heavy atom. The van der Waals surface area contributed by atoms with Crippen LogP contribution in [0.15, 0.2) is 42.5 Å². The Labute approximate surface area is 133 Å². The fourth-order valence-electron chi connectivity index (χ4n) is 3.03. The number of nitrogens with zero attached hydrogens (tertiary/aromatic N) is 1. The number of rotatable bonds is 3. The van der Waals surface area contributed by atoms with Gasteiger partial charge in [0.25, 0.3) is 5.91 Å². The van der Waals surface area contributed by atoms with E-state index in [0.717, 1.165) is 12.5 Å². The number of hydrogen-bond acceptors (Lipinski definition) is 2. The third-order valence-corrected chi connectivity index (χ3v) is 4.13. The minimum atomic E-state index is -0.574. The van der Waals surface area contributed by atoms with E-state index in [1.54, 1.807) is 17.0 Å². The van der Waals surface area contributed by atoms with E-state index in [1.165, 1.54) is 24.3 Å². The van der Waals surface area contributed by atoms with Gasteiger partial charge in [-0.25, -0.2) is 8.78 Å². The predicted molar refractivity (Wildman–Crippen MR) is 82.2 cm³/mol. The molecule has 1 heterocycles. The van der Waals surface area contributed by atoms with Crippen LogP contribution >= 0.6 is 0 Å². The zero-order chi connectivity index (χ0) is 16.4. The van der Waals surface area contributed by atoms with E-state index in [2.05, 4.69) is 0 Å². The second kappa shape index (κ2) is 6.36. The monoisotopic (exact) mass is 317 g/mol. The summed E-state index contributed by atoms with van der Waals surface area (Å²) in [5.41, 5.74) is 1.15. The summed E-state index contributed by atoms with van der Waals surface area (Å²) in [6.45, 7) is 1.19. The first kappa shape index (κ1) is 15.5. The first-order valence-corrected chi connectivity index (χ1v) is 7.54. The summed E-state index contributed by atoms with van der Waals surface area (Å²) in [7, 11) is 0. The highest BCUT2D eigenvalue weighted by atomic mass is 19.1. The number of benzene rings is 2. The highest BCUT2D eigenvalue weighted by Crippen LogP contribution is 2.24. The highest BCUT2D eigenvalue weighted by Gasteiger charge is 2.27. The normalized spacial score (nSPS) is 17.5. The zero-order valence-corrected chi connectivity index (χ0v) is 12.5. The molecule has 1 aliphatic rings. The lowest BCUT2D eigenvalue weighted by Gasteiger charge is -2.17. The maximum Gasteiger partial charge on any atom is 0.253 e. The SMILES string of the molecule is O=C(c1ccc(O)cc1)N1CCC(Cc2cc(F)cc(F)c2)C1. The van der Waals surface area contributed by atoms with Crippen molar-refractivity contribution in [2.75, 3.05) is 13.1 Å². The second-order valence-corrected chi connectivity index (χ2v) is 5.93. The number of phenolic OH excluding ortho intramolecular Hbond substituents is 1. The molecule has 1 saturated heterocycles. The van der Waals surface area contributed by atoms with Crippen molar-refractivity contribution in [2.24, 2.45) is 5.92 Å². The summed E-state index contributed by atoms with van der Waals surface area (Å²) < 4.78 is 26.5. The molecule has 0 bridgehead atoms. The summed E-state index contributed by atoms with van der Waals surface area (Å²) >= 11 is 0. The average Bonchev–Trinajstić information content (AvgIpc) is 2.94. The maximum atomic E-state index is 13.2. The van der Waals surface area contributed by atoms with Crippen molar-refractivity contribution >= 4 is 5.91 Å². The highest BCUT2D eigenvalue weighted by molar-refractivity contribution is 5.94. The Hall–Kier alpha value is -2.43. The minimum absolute atomic E-state index is 0.0853. The molecule has 2 aromatic rings. The largest absolute Gasteiger partial charge is 0.508 e. The number of amides is 1. The lowest BCUT2D eigenvalue weighted by molar-refractivity contribution is 0.0787. The van der Waals surface area contributed by atoms with E-state index < -0.39 is 11.6 Å². The first-order chi connectivity index (χ1) is 11.0. The number of carbonyl (C=O) groups excluding carboxylic acids is 1. The summed E-state index contributed by atoms with van der Waals surface area (Å²) in [6.07, 6.45) is 1.36. The van der Waals surface area contributed by atoms with Crippen molar-refractivity contribution in [1.29, 1.82) is 0 Å². The van der Waals surface area contributed by atoms with Crippen molar-refractivity contribution in [3.63, 3.8) is 0 Å². The van der Waals surface area contributed by atoms with Crippen LogP contribution in [0.4, 0.5) is 8.78 Å². The van der Waals surface area contributed by atoms with Crippen LogP contribution < -0.4 is 0 Å². The van der Waals surface area contributed by atoms with Gasteiger partial charge in [0.2, 0.25) is 0 Å². The van der Waals surface area contributed by atoms with E-state index in [0.29, 0.717) is 30.6 Å². The van der Waals surface area contributed by atoms with Gasteiger partial charge in [0, 0.05) is 24.7 Å². The molecule has 0 saturated carbocycles. The zero-order valence-electron chi connectivity index (χ0n) is 12.5. The molecule has 2 aromatic carbocycles. The number of hydrogen-bond donors (Lipinski definition) is 1. The summed E-state index contributed by atoms with van der Waals surface area (Å²) in [5.74, 6) is -0.922. The lowest BCUT2D eigenvalue weighted by atomic mass is 9.98. The molecule has 1 unspecified atom stereocenters. The fraction of sp³-hybridized carbons (Fsp3) is 0.278. The van der Waals surface area contributed by atoms with Crippen LogP contribution in [0.25, 0.3) is 0 Å². The Kier molecular flexibility index (Phi) is 4.28. The van der Waals surface area contributed by atoms with Gasteiger partial charge >= 0.3 is 0 Å². The molecule has 1 fully saturated rings. The Balaban J connectivity index is 1.64. The molecule has 1 atom stereocenters. The quantitative estimate of drug-likeness (QED) is 0.943. The van der Waals surface area contributed by atoms with E-state index >= 15 is 0 Å². The number of carbonyl (C=O) groups is 1. The van der Waals surface area contributed by atoms with Gasteiger partial charge in [0.05, 0.1) is 0 Å². The van der Waals surface area contributed by atoms with Crippen LogP contribution in [-0.4, -0.2) is 29.0 Å². The molecule has 3 rings (SSSR count). The summed E-state index contributed by atoms with van der Waals surface area (Å²) in [4.78, 5) is 14.1. The van der Waals surface area contributed by atoms with E-state index in [-0.39, 0.29) is 17.6 Å². The molecule has 0 radical (unpaired) electrons. The van der Waals surface area contributed by atoms with E-state index in [4.69, 9.17) is 0 Å². The van der Waals surface area contributed by atoms with Gasteiger partial charge in [-0.15, -0.1) is 0 Å². The maximum absolute atomic E-state index is 13.2. The Bertz CT molecular complexity index is 695. The molecule has 1 N–H and O–H groups in total. The van der Waals surface area contributed by atoms with Crippen LogP contribution in [0.3, 0.4) is 0 Å². The molecule has 3 nitrogen and oxygen atoms in total. The van der Waals surface area contributed by atoms with Gasteiger partial charge in [-0.1, -0.05) is 0 Å². The molecule has 120 valence electrons. The van der Waals surface area contributed by atoms with Gasteiger partial charge < -0.3 is 10.0 Å². The lowest BCUT2D eigenvalue weighted by Crippen LogP contribution is -2.28. The number of phenols is 1. The molecule has 23 heavy (non-hydrogen) atoms. The third kappa shape index (κ3) is 3.67. The van der Waals surface area contributed by atoms with Gasteiger partial charge in [-0.3, -0.25) is 4.79 Å². The molecule has 5 heteroatoms. The minimum Gasteiger partial charge on any atom is -0.508 e. The van der Waals surface area contributed by atoms with Gasteiger partial charge in [-0.2, -0.15) is 0 Å². The van der Waals surface area contributed by atoms with E-state index in [1.807, 2.05) is 0 Å². The number of aromatic hydroxyl groups is 1. The van der Waals surface area contributed by atoms with Gasteiger partial charge in [-0.05, 0) is 60.7 Å². The van der Waals surface area contributed by atoms with Gasteiger partial charge in [0.15, 0.2) is 0 Å². The molecular weight excluding hydrogens is 300 g/mol. The Morgan fingerprint density at radius 2 is 1.78 bits per heavy atom. The van der Waals surface area contributed by atoms with Crippen LogP contribution in [0.5, 0.6) is 5.75 Å². The standard InChI is InChI=1S/C18H17F2NO2/c19-15-8-13(9-16(20)10-15)7-12-5-6-21(11-12)18(23)14-1-3-17(22)4-2-14/h1-4,8-10,12,22H,5-7,11H2. The third-order valence-electron chi connectivity index (χ3n) is 4.13. The van der Waals surface area contributed by atoms with Crippen LogP contribution in [-0.2, 0) is 6.42 Å². The van der Waals surface area contributed by atoms with Crippen LogP contribution in [0.1, 0.15) is 22.3 Å². The van der Waals surface area contributed by atoms with Crippen molar-refractivity contribution in [3.8, 4) is 5.75 Å². The molecule has 1 aliphatic heterocycles. The average molecular weight is 317 g/mol. The molecular formula is C18H17F2NO2. The van der Waals surface area contributed by atoms with Crippen molar-refractivity contribution < 1.29 is 18.7 Å². The Morgan fingerprint density at radius 3 is 2.43 bits per heavy atom. The van der Waals surface area contributed by atoms with E-state index in [9.17, 15) is 18.7 Å². The van der Waals surface area contributed by atoms with Gasteiger partial charge in [0.1, 0.15) is 17.4 Å². The van der Waals surface area contributed by atoms with Crippen LogP contribution in [0, 0.1) is 17.6 Å². The van der Waals surface area contributed by atoms with Crippen LogP contribution in [0.2, 0.25) is 0 Å². The molecule has 0 aliphatic carbocycles. The molecule has 0 aromatic heterocycles.